The van der Waals surface area contributed by atoms with E-state index in [0.29, 0.717) is 12.0 Å². The number of carbonyl (C=O) groups excluding carboxylic acids is 1. The van der Waals surface area contributed by atoms with Crippen molar-refractivity contribution in [3.8, 4) is 0 Å². The Morgan fingerprint density at radius 2 is 2.14 bits per heavy atom. The van der Waals surface area contributed by atoms with E-state index in [4.69, 9.17) is 0 Å². The van der Waals surface area contributed by atoms with Crippen molar-refractivity contribution in [2.75, 3.05) is 6.54 Å². The van der Waals surface area contributed by atoms with Gasteiger partial charge in [-0.3, -0.25) is 4.79 Å². The molecular formula is C17H23FN2O2. The maximum absolute atomic E-state index is 13.6. The molecule has 1 aliphatic heterocycles. The second-order valence-corrected chi connectivity index (χ2v) is 6.39. The second-order valence-electron chi connectivity index (χ2n) is 6.39. The van der Waals surface area contributed by atoms with Gasteiger partial charge in [0.2, 0.25) is 5.91 Å². The number of halogens is 1. The third-order valence-electron chi connectivity index (χ3n) is 4.91. The Hall–Kier alpha value is -1.46. The van der Waals surface area contributed by atoms with Crippen LogP contribution in [0.4, 0.5) is 4.39 Å². The van der Waals surface area contributed by atoms with Gasteiger partial charge < -0.3 is 15.7 Å². The van der Waals surface area contributed by atoms with Crippen LogP contribution >= 0.6 is 0 Å². The second kappa shape index (κ2) is 6.75. The lowest BCUT2D eigenvalue weighted by Crippen LogP contribution is -2.44. The summed E-state index contributed by atoms with van der Waals surface area (Å²) in [5, 5.41) is 16.2. The monoisotopic (exact) mass is 306 g/mol. The Balaban J connectivity index is 1.51. The average molecular weight is 306 g/mol. The summed E-state index contributed by atoms with van der Waals surface area (Å²) in [6, 6.07) is 6.38. The Kier molecular flexibility index (Phi) is 4.74. The quantitative estimate of drug-likeness (QED) is 0.796. The SMILES string of the molecule is O=C(NC[C@H](O)c1ccccc1F)[C@@H]1C[C@@H]2CCCC[C@@H]2N1. The highest BCUT2D eigenvalue weighted by molar-refractivity contribution is 5.82. The van der Waals surface area contributed by atoms with Gasteiger partial charge in [0.1, 0.15) is 5.82 Å². The van der Waals surface area contributed by atoms with E-state index < -0.39 is 11.9 Å². The summed E-state index contributed by atoms with van der Waals surface area (Å²) < 4.78 is 13.6. The van der Waals surface area contributed by atoms with Crippen LogP contribution < -0.4 is 10.6 Å². The number of rotatable bonds is 4. The van der Waals surface area contributed by atoms with Crippen molar-refractivity contribution >= 4 is 5.91 Å². The van der Waals surface area contributed by atoms with Crippen molar-refractivity contribution in [1.82, 2.24) is 10.6 Å². The molecule has 4 nitrogen and oxygen atoms in total. The van der Waals surface area contributed by atoms with Crippen LogP contribution in [-0.4, -0.2) is 29.6 Å². The highest BCUT2D eigenvalue weighted by Crippen LogP contribution is 2.33. The van der Waals surface area contributed by atoms with Crippen molar-refractivity contribution < 1.29 is 14.3 Å². The molecule has 22 heavy (non-hydrogen) atoms. The molecule has 5 heteroatoms. The smallest absolute Gasteiger partial charge is 0.237 e. The van der Waals surface area contributed by atoms with Gasteiger partial charge in [-0.25, -0.2) is 4.39 Å². The van der Waals surface area contributed by atoms with Gasteiger partial charge in [0.05, 0.1) is 12.1 Å². The zero-order valence-corrected chi connectivity index (χ0v) is 12.6. The fourth-order valence-corrected chi connectivity index (χ4v) is 3.70. The number of benzene rings is 1. The highest BCUT2D eigenvalue weighted by atomic mass is 19.1. The number of fused-ring (bicyclic) bond motifs is 1. The van der Waals surface area contributed by atoms with Gasteiger partial charge in [-0.05, 0) is 31.2 Å². The Morgan fingerprint density at radius 3 is 2.91 bits per heavy atom. The largest absolute Gasteiger partial charge is 0.386 e. The van der Waals surface area contributed by atoms with Crippen LogP contribution in [0, 0.1) is 11.7 Å². The summed E-state index contributed by atoms with van der Waals surface area (Å²) in [7, 11) is 0. The lowest BCUT2D eigenvalue weighted by Gasteiger charge is -2.24. The molecule has 1 aliphatic carbocycles. The number of hydrogen-bond acceptors (Lipinski definition) is 3. The Labute approximate surface area is 130 Å². The van der Waals surface area contributed by atoms with Gasteiger partial charge in [0, 0.05) is 18.2 Å². The van der Waals surface area contributed by atoms with Gasteiger partial charge in [0.15, 0.2) is 0 Å². The molecule has 120 valence electrons. The topological polar surface area (TPSA) is 61.4 Å². The minimum Gasteiger partial charge on any atom is -0.386 e. The zero-order chi connectivity index (χ0) is 15.5. The molecule has 3 N–H and O–H groups in total. The molecule has 1 aromatic rings. The van der Waals surface area contributed by atoms with Gasteiger partial charge in [0.25, 0.3) is 0 Å². The Morgan fingerprint density at radius 1 is 1.36 bits per heavy atom. The molecule has 0 aromatic heterocycles. The first-order valence-corrected chi connectivity index (χ1v) is 8.11. The van der Waals surface area contributed by atoms with Gasteiger partial charge in [-0.2, -0.15) is 0 Å². The van der Waals surface area contributed by atoms with Gasteiger partial charge >= 0.3 is 0 Å². The third kappa shape index (κ3) is 3.31. The van der Waals surface area contributed by atoms with Crippen LogP contribution in [0.15, 0.2) is 24.3 Å². The molecule has 3 rings (SSSR count). The van der Waals surface area contributed by atoms with E-state index in [1.807, 2.05) is 0 Å². The molecule has 1 saturated heterocycles. The molecule has 1 saturated carbocycles. The van der Waals surface area contributed by atoms with Gasteiger partial charge in [-0.1, -0.05) is 31.0 Å². The first-order valence-electron chi connectivity index (χ1n) is 8.11. The summed E-state index contributed by atoms with van der Waals surface area (Å²) in [5.41, 5.74) is 0.218. The maximum Gasteiger partial charge on any atom is 0.237 e. The zero-order valence-electron chi connectivity index (χ0n) is 12.6. The molecule has 0 spiro atoms. The van der Waals surface area contributed by atoms with E-state index in [-0.39, 0.29) is 24.1 Å². The van der Waals surface area contributed by atoms with E-state index in [1.165, 1.54) is 31.4 Å². The van der Waals surface area contributed by atoms with Crippen molar-refractivity contribution in [2.24, 2.45) is 5.92 Å². The number of amides is 1. The number of aliphatic hydroxyl groups excluding tert-OH is 1. The molecular weight excluding hydrogens is 283 g/mol. The predicted octanol–water partition coefficient (Wildman–Crippen LogP) is 1.90. The first-order chi connectivity index (χ1) is 10.6. The molecule has 0 radical (unpaired) electrons. The highest BCUT2D eigenvalue weighted by Gasteiger charge is 2.38. The van der Waals surface area contributed by atoms with Crippen molar-refractivity contribution in [2.45, 2.75) is 50.3 Å². The number of hydrogen-bond donors (Lipinski definition) is 3. The normalized spacial score (nSPS) is 28.9. The fourth-order valence-electron chi connectivity index (χ4n) is 3.70. The molecule has 1 aromatic carbocycles. The lowest BCUT2D eigenvalue weighted by atomic mass is 9.85. The molecule has 0 bridgehead atoms. The minimum absolute atomic E-state index is 0.0350. The summed E-state index contributed by atoms with van der Waals surface area (Å²) in [5.74, 6) is 0.0556. The van der Waals surface area contributed by atoms with E-state index in [0.717, 1.165) is 12.8 Å². The van der Waals surface area contributed by atoms with Crippen LogP contribution in [-0.2, 0) is 4.79 Å². The third-order valence-corrected chi connectivity index (χ3v) is 4.91. The molecule has 0 unspecified atom stereocenters. The number of nitrogens with one attached hydrogen (secondary N) is 2. The predicted molar refractivity (Wildman–Crippen MR) is 81.7 cm³/mol. The maximum atomic E-state index is 13.6. The van der Waals surface area contributed by atoms with E-state index in [9.17, 15) is 14.3 Å². The van der Waals surface area contributed by atoms with Crippen molar-refractivity contribution in [3.05, 3.63) is 35.6 Å². The number of aliphatic hydroxyl groups is 1. The average Bonchev–Trinajstić information content (AvgIpc) is 2.97. The standard InChI is InChI=1S/C17H23FN2O2/c18-13-7-3-2-6-12(13)16(21)10-19-17(22)15-9-11-5-1-4-8-14(11)20-15/h2-3,6-7,11,14-16,20-21H,1,4-5,8-10H2,(H,19,22)/t11-,14-,15-,16-/m0/s1. The lowest BCUT2D eigenvalue weighted by molar-refractivity contribution is -0.123. The molecule has 2 fully saturated rings. The summed E-state index contributed by atoms with van der Waals surface area (Å²) in [4.78, 5) is 12.2. The molecule has 4 atom stereocenters. The minimum atomic E-state index is -1.02. The fraction of sp³-hybridized carbons (Fsp3) is 0.588. The number of carbonyl (C=O) groups is 1. The van der Waals surface area contributed by atoms with E-state index >= 15 is 0 Å². The molecule has 2 aliphatic rings. The van der Waals surface area contributed by atoms with Crippen LogP contribution in [0.5, 0.6) is 0 Å². The van der Waals surface area contributed by atoms with Crippen molar-refractivity contribution in [3.63, 3.8) is 0 Å². The van der Waals surface area contributed by atoms with Crippen LogP contribution in [0.1, 0.15) is 43.8 Å². The summed E-state index contributed by atoms with van der Waals surface area (Å²) in [6.07, 6.45) is 4.67. The van der Waals surface area contributed by atoms with Crippen LogP contribution in [0.2, 0.25) is 0 Å². The van der Waals surface area contributed by atoms with Crippen LogP contribution in [0.25, 0.3) is 0 Å². The van der Waals surface area contributed by atoms with E-state index in [1.54, 1.807) is 12.1 Å². The molecule has 1 heterocycles. The summed E-state index contributed by atoms with van der Waals surface area (Å²) >= 11 is 0. The van der Waals surface area contributed by atoms with Crippen molar-refractivity contribution in [1.29, 1.82) is 0 Å². The van der Waals surface area contributed by atoms with Crippen LogP contribution in [0.3, 0.4) is 0 Å². The summed E-state index contributed by atoms with van der Waals surface area (Å²) in [6.45, 7) is 0.0350. The Bertz CT molecular complexity index is 523. The first kappa shape index (κ1) is 15.4. The van der Waals surface area contributed by atoms with Gasteiger partial charge in [-0.15, -0.1) is 0 Å². The van der Waals surface area contributed by atoms with E-state index in [2.05, 4.69) is 10.6 Å². The molecule has 1 amide bonds.